The predicted octanol–water partition coefficient (Wildman–Crippen LogP) is 3.34. The van der Waals surface area contributed by atoms with Crippen molar-refractivity contribution in [3.8, 4) is 0 Å². The molecule has 2 aromatic rings. The van der Waals surface area contributed by atoms with Crippen molar-refractivity contribution in [1.29, 1.82) is 0 Å². The van der Waals surface area contributed by atoms with Crippen LogP contribution in [0.2, 0.25) is 10.0 Å². The number of anilines is 1. The molecule has 0 unspecified atom stereocenters. The van der Waals surface area contributed by atoms with Gasteiger partial charge in [-0.05, 0) is 25.1 Å². The minimum atomic E-state index is -0.176. The van der Waals surface area contributed by atoms with Gasteiger partial charge in [0.25, 0.3) is 0 Å². The quantitative estimate of drug-likeness (QED) is 0.854. The molecule has 2 rings (SSSR count). The molecule has 20 heavy (non-hydrogen) atoms. The topological polar surface area (TPSA) is 59.8 Å². The summed E-state index contributed by atoms with van der Waals surface area (Å²) in [5.41, 5.74) is 0.502. The van der Waals surface area contributed by atoms with Crippen LogP contribution in [0.15, 0.2) is 29.7 Å². The number of halogens is 2. The first-order chi connectivity index (χ1) is 9.60. The lowest BCUT2D eigenvalue weighted by molar-refractivity contribution is -0.113. The molecule has 1 heterocycles. The molecule has 1 aromatic carbocycles. The molecule has 0 bridgehead atoms. The molecular formula is C12H12Cl2N4OS. The number of hydrogen-bond acceptors (Lipinski definition) is 4. The highest BCUT2D eigenvalue weighted by Gasteiger charge is 2.10. The summed E-state index contributed by atoms with van der Waals surface area (Å²) in [6.45, 7) is 2.75. The second kappa shape index (κ2) is 6.97. The maximum atomic E-state index is 11.9. The number of aryl methyl sites for hydroxylation is 1. The van der Waals surface area contributed by atoms with E-state index in [2.05, 4.69) is 15.5 Å². The molecule has 0 aliphatic rings. The maximum absolute atomic E-state index is 11.9. The van der Waals surface area contributed by atoms with Gasteiger partial charge in [-0.15, -0.1) is 10.2 Å². The van der Waals surface area contributed by atoms with Crippen molar-refractivity contribution in [2.24, 2.45) is 0 Å². The summed E-state index contributed by atoms with van der Waals surface area (Å²) >= 11 is 13.2. The monoisotopic (exact) mass is 330 g/mol. The summed E-state index contributed by atoms with van der Waals surface area (Å²) in [4.78, 5) is 11.9. The van der Waals surface area contributed by atoms with Gasteiger partial charge in [0.05, 0.1) is 16.5 Å². The zero-order valence-corrected chi connectivity index (χ0v) is 13.0. The van der Waals surface area contributed by atoms with Crippen molar-refractivity contribution >= 4 is 46.6 Å². The molecule has 1 N–H and O–H groups in total. The van der Waals surface area contributed by atoms with E-state index < -0.39 is 0 Å². The number of carbonyl (C=O) groups excluding carboxylic acids is 1. The summed E-state index contributed by atoms with van der Waals surface area (Å²) in [5.74, 6) is 0.0477. The summed E-state index contributed by atoms with van der Waals surface area (Å²) in [7, 11) is 0. The Labute approximate surface area is 130 Å². The largest absolute Gasteiger partial charge is 0.324 e. The van der Waals surface area contributed by atoms with Crippen LogP contribution in [-0.2, 0) is 11.3 Å². The highest BCUT2D eigenvalue weighted by Crippen LogP contribution is 2.25. The molecule has 0 radical (unpaired) electrons. The Kier molecular flexibility index (Phi) is 5.28. The first-order valence-corrected chi connectivity index (χ1v) is 7.59. The molecule has 1 aromatic heterocycles. The van der Waals surface area contributed by atoms with Crippen molar-refractivity contribution in [2.45, 2.75) is 18.6 Å². The second-order valence-corrected chi connectivity index (χ2v) is 5.65. The average molecular weight is 331 g/mol. The third-order valence-electron chi connectivity index (χ3n) is 2.46. The van der Waals surface area contributed by atoms with Gasteiger partial charge in [0.2, 0.25) is 5.91 Å². The Morgan fingerprint density at radius 3 is 3.00 bits per heavy atom. The van der Waals surface area contributed by atoms with Crippen LogP contribution in [0.4, 0.5) is 5.69 Å². The van der Waals surface area contributed by atoms with E-state index in [9.17, 15) is 4.79 Å². The van der Waals surface area contributed by atoms with Crippen LogP contribution in [0.25, 0.3) is 0 Å². The van der Waals surface area contributed by atoms with Gasteiger partial charge in [-0.25, -0.2) is 0 Å². The number of hydrogen-bond donors (Lipinski definition) is 1. The SMILES string of the molecule is CCn1cnnc1SCC(=O)Nc1cc(Cl)ccc1Cl. The van der Waals surface area contributed by atoms with Gasteiger partial charge in [0, 0.05) is 11.6 Å². The van der Waals surface area contributed by atoms with Gasteiger partial charge in [-0.3, -0.25) is 4.79 Å². The van der Waals surface area contributed by atoms with Crippen LogP contribution >= 0.6 is 35.0 Å². The summed E-state index contributed by atoms with van der Waals surface area (Å²) in [6, 6.07) is 4.92. The lowest BCUT2D eigenvalue weighted by Gasteiger charge is -2.07. The zero-order chi connectivity index (χ0) is 14.5. The van der Waals surface area contributed by atoms with Gasteiger partial charge in [0.1, 0.15) is 6.33 Å². The Hall–Kier alpha value is -1.24. The van der Waals surface area contributed by atoms with E-state index in [1.54, 1.807) is 24.5 Å². The molecule has 0 saturated carbocycles. The van der Waals surface area contributed by atoms with Gasteiger partial charge >= 0.3 is 0 Å². The third-order valence-corrected chi connectivity index (χ3v) is 4.00. The highest BCUT2D eigenvalue weighted by molar-refractivity contribution is 7.99. The molecule has 106 valence electrons. The fourth-order valence-electron chi connectivity index (χ4n) is 1.48. The van der Waals surface area contributed by atoms with E-state index in [0.29, 0.717) is 20.9 Å². The summed E-state index contributed by atoms with van der Waals surface area (Å²) in [6.07, 6.45) is 1.63. The first-order valence-electron chi connectivity index (χ1n) is 5.85. The Balaban J connectivity index is 1.94. The number of amides is 1. The second-order valence-electron chi connectivity index (χ2n) is 3.86. The smallest absolute Gasteiger partial charge is 0.234 e. The van der Waals surface area contributed by atoms with E-state index >= 15 is 0 Å². The maximum Gasteiger partial charge on any atom is 0.234 e. The molecule has 5 nitrogen and oxygen atoms in total. The average Bonchev–Trinajstić information content (AvgIpc) is 2.88. The molecule has 0 aliphatic carbocycles. The molecule has 0 saturated heterocycles. The van der Waals surface area contributed by atoms with Crippen LogP contribution in [-0.4, -0.2) is 26.4 Å². The number of rotatable bonds is 5. The van der Waals surface area contributed by atoms with Crippen LogP contribution in [0.3, 0.4) is 0 Å². The lowest BCUT2D eigenvalue weighted by Crippen LogP contribution is -2.14. The summed E-state index contributed by atoms with van der Waals surface area (Å²) < 4.78 is 1.87. The first kappa shape index (κ1) is 15.2. The molecule has 8 heteroatoms. The fraction of sp³-hybridized carbons (Fsp3) is 0.250. The molecular weight excluding hydrogens is 319 g/mol. The van der Waals surface area contributed by atoms with E-state index in [0.717, 1.165) is 6.54 Å². The standard InChI is InChI=1S/C12H12Cl2N4OS/c1-2-18-7-15-17-12(18)20-6-11(19)16-10-5-8(13)3-4-9(10)14/h3-5,7H,2,6H2,1H3,(H,16,19). The minimum absolute atomic E-state index is 0.176. The van der Waals surface area contributed by atoms with Crippen LogP contribution < -0.4 is 5.32 Å². The normalized spacial score (nSPS) is 10.6. The molecule has 0 aliphatic heterocycles. The van der Waals surface area contributed by atoms with Crippen LogP contribution in [0, 0.1) is 0 Å². The molecule has 0 atom stereocenters. The minimum Gasteiger partial charge on any atom is -0.324 e. The zero-order valence-electron chi connectivity index (χ0n) is 10.6. The van der Waals surface area contributed by atoms with E-state index in [1.807, 2.05) is 11.5 Å². The number of nitrogens with zero attached hydrogens (tertiary/aromatic N) is 3. The Morgan fingerprint density at radius 2 is 2.25 bits per heavy atom. The summed E-state index contributed by atoms with van der Waals surface area (Å²) in [5, 5.41) is 12.1. The number of thioether (sulfide) groups is 1. The number of benzene rings is 1. The lowest BCUT2D eigenvalue weighted by atomic mass is 10.3. The van der Waals surface area contributed by atoms with Crippen molar-refractivity contribution in [1.82, 2.24) is 14.8 Å². The predicted molar refractivity (Wildman–Crippen MR) is 81.5 cm³/mol. The van der Waals surface area contributed by atoms with E-state index in [1.165, 1.54) is 11.8 Å². The van der Waals surface area contributed by atoms with Gasteiger partial charge < -0.3 is 9.88 Å². The molecule has 0 fully saturated rings. The highest BCUT2D eigenvalue weighted by atomic mass is 35.5. The van der Waals surface area contributed by atoms with Gasteiger partial charge in [-0.1, -0.05) is 35.0 Å². The van der Waals surface area contributed by atoms with E-state index in [4.69, 9.17) is 23.2 Å². The molecule has 1 amide bonds. The number of aromatic nitrogens is 3. The van der Waals surface area contributed by atoms with Gasteiger partial charge in [-0.2, -0.15) is 0 Å². The number of nitrogens with one attached hydrogen (secondary N) is 1. The van der Waals surface area contributed by atoms with Crippen molar-refractivity contribution < 1.29 is 4.79 Å². The Morgan fingerprint density at radius 1 is 1.45 bits per heavy atom. The van der Waals surface area contributed by atoms with E-state index in [-0.39, 0.29) is 11.7 Å². The molecule has 0 spiro atoms. The van der Waals surface area contributed by atoms with Crippen molar-refractivity contribution in [3.05, 3.63) is 34.6 Å². The van der Waals surface area contributed by atoms with Crippen LogP contribution in [0.5, 0.6) is 0 Å². The van der Waals surface area contributed by atoms with Crippen LogP contribution in [0.1, 0.15) is 6.92 Å². The van der Waals surface area contributed by atoms with Crippen molar-refractivity contribution in [2.75, 3.05) is 11.1 Å². The Bertz CT molecular complexity index is 617. The van der Waals surface area contributed by atoms with Crippen molar-refractivity contribution in [3.63, 3.8) is 0 Å². The third kappa shape index (κ3) is 3.88. The number of carbonyl (C=O) groups is 1. The fourth-order valence-corrected chi connectivity index (χ4v) is 2.60. The van der Waals surface area contributed by atoms with Gasteiger partial charge in [0.15, 0.2) is 5.16 Å².